The Labute approximate surface area is 157 Å². The van der Waals surface area contributed by atoms with Crippen LogP contribution < -0.4 is 19.7 Å². The molecule has 1 aromatic rings. The second-order valence-corrected chi connectivity index (χ2v) is 5.66. The number of rotatable bonds is 9. The fourth-order valence-corrected chi connectivity index (χ4v) is 2.52. The van der Waals surface area contributed by atoms with E-state index in [0.29, 0.717) is 42.6 Å². The highest BCUT2D eigenvalue weighted by atomic mass is 16.5. The monoisotopic (exact) mass is 377 g/mol. The minimum atomic E-state index is -1.04. The summed E-state index contributed by atoms with van der Waals surface area (Å²) in [5.41, 5.74) is 0.168. The predicted octanol–water partition coefficient (Wildman–Crippen LogP) is 1.31. The van der Waals surface area contributed by atoms with Crippen LogP contribution in [0.2, 0.25) is 0 Å². The SMILES string of the molecule is CCCNC(=O)CN1C(=O)C(=O)N(c2ccc(OCC)c(OCC)c2)C1=O. The lowest BCUT2D eigenvalue weighted by molar-refractivity contribution is -0.140. The van der Waals surface area contributed by atoms with E-state index in [2.05, 4.69) is 5.32 Å². The zero-order valence-electron chi connectivity index (χ0n) is 15.6. The minimum absolute atomic E-state index is 0.168. The first kappa shape index (κ1) is 20.2. The van der Waals surface area contributed by atoms with Crippen molar-refractivity contribution in [2.24, 2.45) is 0 Å². The van der Waals surface area contributed by atoms with Crippen molar-refractivity contribution >= 4 is 29.4 Å². The van der Waals surface area contributed by atoms with Crippen molar-refractivity contribution in [1.82, 2.24) is 10.2 Å². The number of hydrogen-bond acceptors (Lipinski definition) is 6. The number of nitrogens with zero attached hydrogens (tertiary/aromatic N) is 2. The van der Waals surface area contributed by atoms with Gasteiger partial charge in [0.1, 0.15) is 6.54 Å². The van der Waals surface area contributed by atoms with Crippen LogP contribution in [0.15, 0.2) is 18.2 Å². The van der Waals surface area contributed by atoms with Crippen LogP contribution in [0.25, 0.3) is 0 Å². The summed E-state index contributed by atoms with van der Waals surface area (Å²) in [4.78, 5) is 50.2. The van der Waals surface area contributed by atoms with E-state index >= 15 is 0 Å². The molecule has 1 saturated heterocycles. The van der Waals surface area contributed by atoms with Crippen LogP contribution >= 0.6 is 0 Å². The van der Waals surface area contributed by atoms with Gasteiger partial charge < -0.3 is 14.8 Å². The first-order valence-corrected chi connectivity index (χ1v) is 8.80. The normalized spacial score (nSPS) is 14.0. The Balaban J connectivity index is 2.26. The molecule has 5 amide bonds. The highest BCUT2D eigenvalue weighted by Crippen LogP contribution is 2.33. The Bertz CT molecular complexity index is 749. The molecule has 1 fully saturated rings. The predicted molar refractivity (Wildman–Crippen MR) is 96.7 cm³/mol. The zero-order chi connectivity index (χ0) is 20.0. The maximum absolute atomic E-state index is 12.6. The standard InChI is InChI=1S/C18H23N3O6/c1-4-9-19-15(22)11-20-16(23)17(24)21(18(20)25)12-7-8-13(26-5-2)14(10-12)27-6-3/h7-8,10H,4-6,9,11H2,1-3H3,(H,19,22). The van der Waals surface area contributed by atoms with Crippen LogP contribution in [0, 0.1) is 0 Å². The van der Waals surface area contributed by atoms with Gasteiger partial charge in [-0.3, -0.25) is 14.4 Å². The first-order valence-electron chi connectivity index (χ1n) is 8.80. The summed E-state index contributed by atoms with van der Waals surface area (Å²) in [5, 5.41) is 2.57. The highest BCUT2D eigenvalue weighted by molar-refractivity contribution is 6.53. The van der Waals surface area contributed by atoms with Gasteiger partial charge in [-0.15, -0.1) is 0 Å². The number of carbonyl (C=O) groups excluding carboxylic acids is 4. The number of urea groups is 1. The van der Waals surface area contributed by atoms with E-state index < -0.39 is 30.3 Å². The molecule has 1 aromatic carbocycles. The van der Waals surface area contributed by atoms with Gasteiger partial charge in [0.25, 0.3) is 0 Å². The second-order valence-electron chi connectivity index (χ2n) is 5.66. The number of ether oxygens (including phenoxy) is 2. The van der Waals surface area contributed by atoms with E-state index in [1.54, 1.807) is 13.0 Å². The fraction of sp³-hybridized carbons (Fsp3) is 0.444. The largest absolute Gasteiger partial charge is 0.490 e. The molecule has 2 rings (SSSR count). The summed E-state index contributed by atoms with van der Waals surface area (Å²) >= 11 is 0. The summed E-state index contributed by atoms with van der Waals surface area (Å²) in [7, 11) is 0. The Morgan fingerprint density at radius 1 is 1.00 bits per heavy atom. The Kier molecular flexibility index (Phi) is 6.75. The lowest BCUT2D eigenvalue weighted by Gasteiger charge is -2.17. The van der Waals surface area contributed by atoms with Crippen molar-refractivity contribution in [3.05, 3.63) is 18.2 Å². The molecule has 0 saturated carbocycles. The number of hydrogen-bond donors (Lipinski definition) is 1. The third-order valence-corrected chi connectivity index (χ3v) is 3.71. The molecule has 0 aromatic heterocycles. The van der Waals surface area contributed by atoms with E-state index in [-0.39, 0.29) is 5.69 Å². The van der Waals surface area contributed by atoms with Gasteiger partial charge in [0.05, 0.1) is 18.9 Å². The molecule has 1 N–H and O–H groups in total. The van der Waals surface area contributed by atoms with Crippen LogP contribution in [0.4, 0.5) is 10.5 Å². The molecule has 27 heavy (non-hydrogen) atoms. The van der Waals surface area contributed by atoms with E-state index in [0.717, 1.165) is 4.90 Å². The van der Waals surface area contributed by atoms with Crippen molar-refractivity contribution in [2.45, 2.75) is 27.2 Å². The van der Waals surface area contributed by atoms with Crippen LogP contribution in [-0.2, 0) is 14.4 Å². The van der Waals surface area contributed by atoms with Gasteiger partial charge in [-0.2, -0.15) is 0 Å². The quantitative estimate of drug-likeness (QED) is 0.514. The van der Waals surface area contributed by atoms with Gasteiger partial charge in [0.2, 0.25) is 5.91 Å². The van der Waals surface area contributed by atoms with Crippen LogP contribution in [-0.4, -0.2) is 55.0 Å². The van der Waals surface area contributed by atoms with Gasteiger partial charge >= 0.3 is 17.8 Å². The Hall–Kier alpha value is -3.10. The third-order valence-electron chi connectivity index (χ3n) is 3.71. The van der Waals surface area contributed by atoms with Gasteiger partial charge in [-0.1, -0.05) is 6.92 Å². The number of imide groups is 2. The van der Waals surface area contributed by atoms with Gasteiger partial charge in [-0.05, 0) is 32.4 Å². The van der Waals surface area contributed by atoms with Crippen molar-refractivity contribution < 1.29 is 28.7 Å². The van der Waals surface area contributed by atoms with E-state index in [1.807, 2.05) is 13.8 Å². The summed E-state index contributed by atoms with van der Waals surface area (Å²) in [6, 6.07) is 3.63. The molecule has 1 aliphatic rings. The molecule has 0 aliphatic carbocycles. The van der Waals surface area contributed by atoms with Crippen molar-refractivity contribution in [1.29, 1.82) is 0 Å². The molecule has 1 aliphatic heterocycles. The lowest BCUT2D eigenvalue weighted by Crippen LogP contribution is -2.41. The third kappa shape index (κ3) is 4.36. The smallest absolute Gasteiger partial charge is 0.339 e. The van der Waals surface area contributed by atoms with E-state index in [4.69, 9.17) is 9.47 Å². The first-order chi connectivity index (χ1) is 12.9. The number of carbonyl (C=O) groups is 4. The molecule has 9 nitrogen and oxygen atoms in total. The minimum Gasteiger partial charge on any atom is -0.490 e. The average Bonchev–Trinajstić information content (AvgIpc) is 2.85. The molecule has 0 unspecified atom stereocenters. The molecule has 0 bridgehead atoms. The van der Waals surface area contributed by atoms with E-state index in [1.165, 1.54) is 12.1 Å². The van der Waals surface area contributed by atoms with Crippen molar-refractivity contribution in [2.75, 3.05) is 31.2 Å². The highest BCUT2D eigenvalue weighted by Gasteiger charge is 2.46. The summed E-state index contributed by atoms with van der Waals surface area (Å²) in [5.74, 6) is -1.75. The molecule has 0 radical (unpaired) electrons. The summed E-state index contributed by atoms with van der Waals surface area (Å²) < 4.78 is 10.9. The van der Waals surface area contributed by atoms with Crippen LogP contribution in [0.5, 0.6) is 11.5 Å². The number of anilines is 1. The molecule has 0 spiro atoms. The molecule has 146 valence electrons. The van der Waals surface area contributed by atoms with Crippen LogP contribution in [0.1, 0.15) is 27.2 Å². The van der Waals surface area contributed by atoms with Gasteiger partial charge in [0.15, 0.2) is 11.5 Å². The average molecular weight is 377 g/mol. The maximum Gasteiger partial charge on any atom is 0.339 e. The molecule has 0 atom stereocenters. The second kappa shape index (κ2) is 9.02. The molecular weight excluding hydrogens is 354 g/mol. The zero-order valence-corrected chi connectivity index (χ0v) is 15.6. The number of benzene rings is 1. The molecular formula is C18H23N3O6. The molecule has 1 heterocycles. The number of amides is 5. The number of nitrogens with one attached hydrogen (secondary N) is 1. The maximum atomic E-state index is 12.6. The van der Waals surface area contributed by atoms with Gasteiger partial charge in [0, 0.05) is 12.6 Å². The summed E-state index contributed by atoms with van der Waals surface area (Å²) in [6.45, 7) is 6.17. The Morgan fingerprint density at radius 3 is 2.30 bits per heavy atom. The van der Waals surface area contributed by atoms with Crippen LogP contribution in [0.3, 0.4) is 0 Å². The van der Waals surface area contributed by atoms with Crippen molar-refractivity contribution in [3.8, 4) is 11.5 Å². The fourth-order valence-electron chi connectivity index (χ4n) is 2.52. The van der Waals surface area contributed by atoms with Crippen molar-refractivity contribution in [3.63, 3.8) is 0 Å². The van der Waals surface area contributed by atoms with E-state index in [9.17, 15) is 19.2 Å². The Morgan fingerprint density at radius 2 is 1.67 bits per heavy atom. The van der Waals surface area contributed by atoms with Gasteiger partial charge in [-0.25, -0.2) is 14.6 Å². The lowest BCUT2D eigenvalue weighted by atomic mass is 10.2. The summed E-state index contributed by atoms with van der Waals surface area (Å²) in [6.07, 6.45) is 0.713. The molecule has 9 heteroatoms. The topological polar surface area (TPSA) is 105 Å².